The van der Waals surface area contributed by atoms with Gasteiger partial charge in [0.05, 0.1) is 4.90 Å². The van der Waals surface area contributed by atoms with Gasteiger partial charge >= 0.3 is 0 Å². The van der Waals surface area contributed by atoms with Crippen LogP contribution >= 0.6 is 23.4 Å². The minimum Gasteiger partial charge on any atom is -0.312 e. The van der Waals surface area contributed by atoms with Gasteiger partial charge in [-0.3, -0.25) is 4.79 Å². The molecular formula is C19H20ClNO3S2. The van der Waals surface area contributed by atoms with E-state index in [1.807, 2.05) is 24.3 Å². The maximum Gasteiger partial charge on any atom is 0.227 e. The Morgan fingerprint density at radius 2 is 1.92 bits per heavy atom. The summed E-state index contributed by atoms with van der Waals surface area (Å²) >= 11 is 7.50. The van der Waals surface area contributed by atoms with Crippen LogP contribution in [0.1, 0.15) is 18.4 Å². The summed E-state index contributed by atoms with van der Waals surface area (Å²) in [6, 6.07) is 12.6. The summed E-state index contributed by atoms with van der Waals surface area (Å²) < 4.78 is 23.5. The molecular weight excluding hydrogens is 390 g/mol. The van der Waals surface area contributed by atoms with Crippen molar-refractivity contribution in [3.63, 3.8) is 0 Å². The molecule has 0 saturated heterocycles. The molecule has 3 rings (SSSR count). The number of benzene rings is 2. The average Bonchev–Trinajstić information content (AvgIpc) is 2.61. The number of hydrogen-bond donors (Lipinski definition) is 0. The van der Waals surface area contributed by atoms with Crippen molar-refractivity contribution in [2.75, 3.05) is 23.5 Å². The third-order valence-electron chi connectivity index (χ3n) is 4.30. The van der Waals surface area contributed by atoms with E-state index >= 15 is 0 Å². The number of thioether (sulfide) groups is 1. The molecule has 0 fully saturated rings. The van der Waals surface area contributed by atoms with Gasteiger partial charge in [0.1, 0.15) is 0 Å². The van der Waals surface area contributed by atoms with Crippen molar-refractivity contribution >= 4 is 44.8 Å². The Hall–Kier alpha value is -1.50. The molecule has 26 heavy (non-hydrogen) atoms. The number of amides is 1. The van der Waals surface area contributed by atoms with Crippen LogP contribution in [0.15, 0.2) is 52.3 Å². The van der Waals surface area contributed by atoms with Gasteiger partial charge in [-0.05, 0) is 60.9 Å². The third kappa shape index (κ3) is 4.61. The molecule has 0 N–H and O–H groups in total. The van der Waals surface area contributed by atoms with Crippen LogP contribution in [0.3, 0.4) is 0 Å². The molecule has 4 nitrogen and oxygen atoms in total. The first-order chi connectivity index (χ1) is 12.3. The molecule has 1 aliphatic heterocycles. The number of sulfone groups is 1. The fourth-order valence-electron chi connectivity index (χ4n) is 2.99. The Labute approximate surface area is 163 Å². The smallest absolute Gasteiger partial charge is 0.227 e. The van der Waals surface area contributed by atoms with E-state index in [-0.39, 0.29) is 5.91 Å². The van der Waals surface area contributed by atoms with E-state index < -0.39 is 9.84 Å². The number of carbonyl (C=O) groups excluding carboxylic acids is 1. The lowest BCUT2D eigenvalue weighted by atomic mass is 10.0. The van der Waals surface area contributed by atoms with Gasteiger partial charge < -0.3 is 4.90 Å². The second-order valence-electron chi connectivity index (χ2n) is 6.26. The molecule has 0 saturated carbocycles. The quantitative estimate of drug-likeness (QED) is 0.694. The van der Waals surface area contributed by atoms with Gasteiger partial charge in [-0.2, -0.15) is 0 Å². The second-order valence-corrected chi connectivity index (χ2v) is 9.88. The maximum absolute atomic E-state index is 12.7. The molecule has 0 atom stereocenters. The van der Waals surface area contributed by atoms with Gasteiger partial charge in [-0.25, -0.2) is 8.42 Å². The average molecular weight is 410 g/mol. The number of aryl methyl sites for hydroxylation is 1. The molecule has 1 aliphatic rings. The Morgan fingerprint density at radius 3 is 2.62 bits per heavy atom. The largest absolute Gasteiger partial charge is 0.312 e. The van der Waals surface area contributed by atoms with E-state index in [1.165, 1.54) is 6.26 Å². The van der Waals surface area contributed by atoms with Gasteiger partial charge in [0.2, 0.25) is 5.91 Å². The second kappa shape index (κ2) is 8.03. The lowest BCUT2D eigenvalue weighted by molar-refractivity contribution is -0.118. The Morgan fingerprint density at radius 1 is 1.19 bits per heavy atom. The van der Waals surface area contributed by atoms with E-state index in [9.17, 15) is 13.2 Å². The predicted octanol–water partition coefficient (Wildman–Crippen LogP) is 4.21. The summed E-state index contributed by atoms with van der Waals surface area (Å²) in [6.45, 7) is 0.676. The first-order valence-electron chi connectivity index (χ1n) is 8.36. The van der Waals surface area contributed by atoms with Crippen LogP contribution in [-0.2, 0) is 21.1 Å². The van der Waals surface area contributed by atoms with E-state index in [1.54, 1.807) is 34.9 Å². The van der Waals surface area contributed by atoms with Crippen molar-refractivity contribution in [1.29, 1.82) is 0 Å². The fraction of sp³-hybridized carbons (Fsp3) is 0.316. The van der Waals surface area contributed by atoms with Crippen molar-refractivity contribution in [2.45, 2.75) is 29.1 Å². The van der Waals surface area contributed by atoms with E-state index in [0.717, 1.165) is 29.0 Å². The van der Waals surface area contributed by atoms with Crippen LogP contribution in [-0.4, -0.2) is 32.9 Å². The molecule has 1 amide bonds. The number of anilines is 1. The molecule has 0 aliphatic carbocycles. The zero-order valence-electron chi connectivity index (χ0n) is 14.4. The summed E-state index contributed by atoms with van der Waals surface area (Å²) in [6.07, 6.45) is 3.27. The Kier molecular flexibility index (Phi) is 5.95. The normalized spacial score (nSPS) is 14.2. The van der Waals surface area contributed by atoms with Gasteiger partial charge in [-0.15, -0.1) is 11.8 Å². The van der Waals surface area contributed by atoms with Crippen LogP contribution in [0.2, 0.25) is 5.02 Å². The molecule has 0 bridgehead atoms. The Bertz CT molecular complexity index is 911. The topological polar surface area (TPSA) is 54.5 Å². The minimum absolute atomic E-state index is 0.0690. The SMILES string of the molecule is CS(=O)(=O)c1ccc2c(c1)CCCN2C(=O)CCSc1ccc(Cl)cc1. The van der Waals surface area contributed by atoms with Crippen LogP contribution in [0.4, 0.5) is 5.69 Å². The molecule has 1 heterocycles. The maximum atomic E-state index is 12.7. The molecule has 138 valence electrons. The molecule has 2 aromatic rings. The summed E-state index contributed by atoms with van der Waals surface area (Å²) in [4.78, 5) is 15.8. The molecule has 7 heteroatoms. The highest BCUT2D eigenvalue weighted by molar-refractivity contribution is 7.99. The van der Waals surface area contributed by atoms with Crippen molar-refractivity contribution in [1.82, 2.24) is 0 Å². The molecule has 0 unspecified atom stereocenters. The van der Waals surface area contributed by atoms with Gasteiger partial charge in [0.25, 0.3) is 0 Å². The first kappa shape index (κ1) is 19.3. The van der Waals surface area contributed by atoms with Crippen molar-refractivity contribution in [3.05, 3.63) is 53.1 Å². The van der Waals surface area contributed by atoms with E-state index in [4.69, 9.17) is 11.6 Å². The van der Waals surface area contributed by atoms with Crippen LogP contribution in [0.5, 0.6) is 0 Å². The number of nitrogens with zero attached hydrogens (tertiary/aromatic N) is 1. The first-order valence-corrected chi connectivity index (χ1v) is 11.6. The standard InChI is InChI=1S/C19H20ClNO3S2/c1-26(23,24)17-8-9-18-14(13-17)3-2-11-21(18)19(22)10-12-25-16-6-4-15(20)5-7-16/h4-9,13H,2-3,10-12H2,1H3. The number of halogens is 1. The molecule has 0 radical (unpaired) electrons. The van der Waals surface area contributed by atoms with Crippen molar-refractivity contribution < 1.29 is 13.2 Å². The number of hydrogen-bond acceptors (Lipinski definition) is 4. The van der Waals surface area contributed by atoms with Gasteiger partial charge in [-0.1, -0.05) is 11.6 Å². The van der Waals surface area contributed by atoms with Crippen LogP contribution < -0.4 is 4.90 Å². The third-order valence-corrected chi connectivity index (χ3v) is 6.67. The van der Waals surface area contributed by atoms with E-state index in [2.05, 4.69) is 0 Å². The number of fused-ring (bicyclic) bond motifs is 1. The highest BCUT2D eigenvalue weighted by atomic mass is 35.5. The zero-order valence-corrected chi connectivity index (χ0v) is 16.8. The zero-order chi connectivity index (χ0) is 18.7. The fourth-order valence-corrected chi connectivity index (χ4v) is 4.62. The lowest BCUT2D eigenvalue weighted by Gasteiger charge is -2.30. The molecule has 2 aromatic carbocycles. The monoisotopic (exact) mass is 409 g/mol. The van der Waals surface area contributed by atoms with Gasteiger partial charge in [0, 0.05) is 40.6 Å². The Balaban J connectivity index is 1.66. The minimum atomic E-state index is -3.24. The van der Waals surface area contributed by atoms with Gasteiger partial charge in [0.15, 0.2) is 9.84 Å². The van der Waals surface area contributed by atoms with Crippen LogP contribution in [0, 0.1) is 0 Å². The number of rotatable bonds is 5. The summed E-state index contributed by atoms with van der Waals surface area (Å²) in [5, 5.41) is 0.698. The van der Waals surface area contributed by atoms with E-state index in [0.29, 0.717) is 28.6 Å². The lowest BCUT2D eigenvalue weighted by Crippen LogP contribution is -2.35. The highest BCUT2D eigenvalue weighted by Crippen LogP contribution is 2.30. The summed E-state index contributed by atoms with van der Waals surface area (Å²) in [5.41, 5.74) is 1.77. The van der Waals surface area contributed by atoms with Crippen LogP contribution in [0.25, 0.3) is 0 Å². The highest BCUT2D eigenvalue weighted by Gasteiger charge is 2.23. The summed E-state index contributed by atoms with van der Waals surface area (Å²) in [7, 11) is -3.24. The summed E-state index contributed by atoms with van der Waals surface area (Å²) in [5.74, 6) is 0.757. The van der Waals surface area contributed by atoms with Crippen molar-refractivity contribution in [3.8, 4) is 0 Å². The van der Waals surface area contributed by atoms with Crippen molar-refractivity contribution in [2.24, 2.45) is 0 Å². The number of carbonyl (C=O) groups is 1. The molecule has 0 aromatic heterocycles. The molecule has 0 spiro atoms. The predicted molar refractivity (Wildman–Crippen MR) is 107 cm³/mol.